The first kappa shape index (κ1) is 31.0. The van der Waals surface area contributed by atoms with Crippen molar-refractivity contribution in [3.8, 4) is 16.9 Å². The number of aliphatic carboxylic acids is 1. The van der Waals surface area contributed by atoms with Gasteiger partial charge in [-0.05, 0) is 22.3 Å². The van der Waals surface area contributed by atoms with Crippen LogP contribution in [0.25, 0.3) is 11.1 Å². The number of amides is 1. The summed E-state index contributed by atoms with van der Waals surface area (Å²) in [5, 5.41) is 13.8. The fourth-order valence-electron chi connectivity index (χ4n) is 3.96. The van der Waals surface area contributed by atoms with Crippen molar-refractivity contribution in [2.45, 2.75) is 19.3 Å². The van der Waals surface area contributed by atoms with E-state index in [1.54, 1.807) is 0 Å². The molecule has 3 N–H and O–H groups in total. The van der Waals surface area contributed by atoms with Crippen LogP contribution in [0, 0.1) is 29.1 Å². The van der Waals surface area contributed by atoms with E-state index in [4.69, 9.17) is 9.84 Å². The molecule has 218 valence electrons. The molecule has 0 saturated heterocycles. The number of alkyl carbamates (subject to hydrolysis) is 1. The lowest BCUT2D eigenvalue weighted by Gasteiger charge is -2.14. The largest absolute Gasteiger partial charge is 0.480 e. The molecular formula is C28H25F5N2O6. The highest BCUT2D eigenvalue weighted by molar-refractivity contribution is 5.79. The fourth-order valence-corrected chi connectivity index (χ4v) is 3.96. The molecule has 0 bridgehead atoms. The lowest BCUT2D eigenvalue weighted by molar-refractivity contribution is -0.136. The summed E-state index contributed by atoms with van der Waals surface area (Å²) in [4.78, 5) is 32.9. The van der Waals surface area contributed by atoms with Gasteiger partial charge in [-0.3, -0.25) is 9.59 Å². The lowest BCUT2D eigenvalue weighted by atomic mass is 9.98. The van der Waals surface area contributed by atoms with Gasteiger partial charge in [-0.15, -0.1) is 0 Å². The fraction of sp³-hybridized carbons (Fsp3) is 0.250. The Morgan fingerprint density at radius 1 is 0.805 bits per heavy atom. The third-order valence-electron chi connectivity index (χ3n) is 5.87. The molecule has 1 aliphatic rings. The van der Waals surface area contributed by atoms with Crippen LogP contribution in [0.15, 0.2) is 48.5 Å². The molecule has 0 aliphatic heterocycles. The first-order valence-electron chi connectivity index (χ1n) is 12.3. The van der Waals surface area contributed by atoms with Gasteiger partial charge in [0, 0.05) is 25.4 Å². The maximum Gasteiger partial charge on any atom is 0.407 e. The van der Waals surface area contributed by atoms with Crippen LogP contribution in [0.1, 0.15) is 30.4 Å². The normalized spacial score (nSPS) is 11.6. The second kappa shape index (κ2) is 14.2. The number of ether oxygens (including phenoxy) is 2. The van der Waals surface area contributed by atoms with Crippen LogP contribution in [0.5, 0.6) is 5.75 Å². The minimum atomic E-state index is -2.30. The number of esters is 1. The van der Waals surface area contributed by atoms with Crippen molar-refractivity contribution in [2.75, 3.05) is 26.2 Å². The minimum Gasteiger partial charge on any atom is -0.480 e. The van der Waals surface area contributed by atoms with Gasteiger partial charge in [0.05, 0.1) is 6.54 Å². The molecule has 3 aromatic rings. The zero-order chi connectivity index (χ0) is 30.1. The Balaban J connectivity index is 0.000000250. The number of rotatable bonds is 9. The summed E-state index contributed by atoms with van der Waals surface area (Å²) in [7, 11) is 0. The maximum atomic E-state index is 12.9. The van der Waals surface area contributed by atoms with Gasteiger partial charge >= 0.3 is 18.0 Å². The number of fused-ring (bicyclic) bond motifs is 3. The molecule has 4 rings (SSSR count). The van der Waals surface area contributed by atoms with E-state index >= 15 is 0 Å². The summed E-state index contributed by atoms with van der Waals surface area (Å²) in [5.41, 5.74) is 4.70. The van der Waals surface area contributed by atoms with Crippen LogP contribution < -0.4 is 15.4 Å². The van der Waals surface area contributed by atoms with Crippen LogP contribution in [0.3, 0.4) is 0 Å². The number of hydrogen-bond acceptors (Lipinski definition) is 6. The Bertz CT molecular complexity index is 1360. The number of carbonyl (C=O) groups excluding carboxylic acids is 2. The van der Waals surface area contributed by atoms with Gasteiger partial charge in [-0.1, -0.05) is 55.5 Å². The predicted octanol–water partition coefficient (Wildman–Crippen LogP) is 4.90. The number of nitrogens with one attached hydrogen (secondary N) is 2. The second-order valence-corrected chi connectivity index (χ2v) is 8.55. The number of carbonyl (C=O) groups is 3. The molecule has 0 atom stereocenters. The summed E-state index contributed by atoms with van der Waals surface area (Å²) in [6.07, 6.45) is -0.765. The van der Waals surface area contributed by atoms with Crippen molar-refractivity contribution in [1.82, 2.24) is 10.6 Å². The Labute approximate surface area is 231 Å². The number of carboxylic acids is 1. The molecule has 0 aromatic heterocycles. The van der Waals surface area contributed by atoms with E-state index in [-0.39, 0.29) is 25.5 Å². The van der Waals surface area contributed by atoms with Crippen LogP contribution >= 0.6 is 0 Å². The SMILES string of the molecule is CCC(=O)Oc1c(F)c(F)c(F)c(F)c1F.O=C(O)CNCCNC(=O)OCC1c2ccccc2-c2ccccc21. The van der Waals surface area contributed by atoms with Crippen LogP contribution in [0.4, 0.5) is 26.7 Å². The van der Waals surface area contributed by atoms with Crippen molar-refractivity contribution in [3.05, 3.63) is 88.7 Å². The monoisotopic (exact) mass is 580 g/mol. The smallest absolute Gasteiger partial charge is 0.407 e. The summed E-state index contributed by atoms with van der Waals surface area (Å²) in [6.45, 7) is 2.11. The highest BCUT2D eigenvalue weighted by atomic mass is 19.2. The Morgan fingerprint density at radius 3 is 1.83 bits per heavy atom. The average Bonchev–Trinajstić information content (AvgIpc) is 3.29. The van der Waals surface area contributed by atoms with E-state index in [2.05, 4.69) is 39.6 Å². The third-order valence-corrected chi connectivity index (χ3v) is 5.87. The second-order valence-electron chi connectivity index (χ2n) is 8.55. The van der Waals surface area contributed by atoms with Crippen LogP contribution in [-0.4, -0.2) is 49.4 Å². The van der Waals surface area contributed by atoms with Crippen LogP contribution in [0.2, 0.25) is 0 Å². The standard InChI is InChI=1S/C19H20N2O4.C9H5F5O2/c22-18(23)11-20-9-10-21-19(24)25-12-17-15-7-3-1-5-13(15)14-6-2-4-8-16(14)17;1-2-3(15)16-9-7(13)5(11)4(10)6(12)8(9)14/h1-8,17,20H,9-12H2,(H,21,24)(H,22,23);2H2,1H3. The van der Waals surface area contributed by atoms with Crippen molar-refractivity contribution in [2.24, 2.45) is 0 Å². The molecule has 41 heavy (non-hydrogen) atoms. The molecule has 0 fully saturated rings. The first-order valence-corrected chi connectivity index (χ1v) is 12.3. The maximum absolute atomic E-state index is 12.9. The highest BCUT2D eigenvalue weighted by Gasteiger charge is 2.29. The minimum absolute atomic E-state index is 0.0308. The Hall–Kier alpha value is -4.52. The van der Waals surface area contributed by atoms with E-state index < -0.39 is 52.9 Å². The van der Waals surface area contributed by atoms with E-state index in [1.165, 1.54) is 29.2 Å². The van der Waals surface area contributed by atoms with Crippen LogP contribution in [-0.2, 0) is 14.3 Å². The van der Waals surface area contributed by atoms with Gasteiger partial charge in [0.15, 0.2) is 0 Å². The molecule has 0 saturated carbocycles. The summed E-state index contributed by atoms with van der Waals surface area (Å²) < 4.78 is 72.9. The summed E-state index contributed by atoms with van der Waals surface area (Å²) in [6, 6.07) is 16.3. The molecule has 0 unspecified atom stereocenters. The van der Waals surface area contributed by atoms with Gasteiger partial charge in [0.1, 0.15) is 6.61 Å². The molecule has 1 aliphatic carbocycles. The molecule has 3 aromatic carbocycles. The van der Waals surface area contributed by atoms with Gasteiger partial charge in [0.25, 0.3) is 0 Å². The number of carboxylic acid groups (broad SMARTS) is 1. The Kier molecular flexibility index (Phi) is 10.8. The lowest BCUT2D eigenvalue weighted by Crippen LogP contribution is -2.34. The number of halogens is 5. The average molecular weight is 581 g/mol. The molecule has 0 heterocycles. The van der Waals surface area contributed by atoms with Crippen molar-refractivity contribution in [1.29, 1.82) is 0 Å². The zero-order valence-electron chi connectivity index (χ0n) is 21.6. The summed E-state index contributed by atoms with van der Waals surface area (Å²) in [5.74, 6) is -14.5. The quantitative estimate of drug-likeness (QED) is 0.0825. The van der Waals surface area contributed by atoms with E-state index in [0.717, 1.165) is 0 Å². The topological polar surface area (TPSA) is 114 Å². The number of hydrogen-bond donors (Lipinski definition) is 3. The molecule has 8 nitrogen and oxygen atoms in total. The van der Waals surface area contributed by atoms with E-state index in [9.17, 15) is 36.3 Å². The summed E-state index contributed by atoms with van der Waals surface area (Å²) >= 11 is 0. The van der Waals surface area contributed by atoms with Gasteiger partial charge in [-0.2, -0.15) is 8.78 Å². The Morgan fingerprint density at radius 2 is 1.32 bits per heavy atom. The first-order chi connectivity index (χ1) is 19.6. The van der Waals surface area contributed by atoms with E-state index in [0.29, 0.717) is 13.1 Å². The zero-order valence-corrected chi connectivity index (χ0v) is 21.6. The predicted molar refractivity (Wildman–Crippen MR) is 136 cm³/mol. The van der Waals surface area contributed by atoms with Gasteiger partial charge in [-0.25, -0.2) is 18.0 Å². The molecule has 1 amide bonds. The molecule has 0 spiro atoms. The molecule has 13 heteroatoms. The number of benzene rings is 3. The van der Waals surface area contributed by atoms with Crippen molar-refractivity contribution < 1.29 is 50.9 Å². The highest BCUT2D eigenvalue weighted by Crippen LogP contribution is 2.44. The van der Waals surface area contributed by atoms with Crippen molar-refractivity contribution in [3.63, 3.8) is 0 Å². The van der Waals surface area contributed by atoms with Crippen molar-refractivity contribution >= 4 is 18.0 Å². The molecular weight excluding hydrogens is 555 g/mol. The van der Waals surface area contributed by atoms with Gasteiger partial charge in [0.2, 0.25) is 34.8 Å². The van der Waals surface area contributed by atoms with E-state index in [1.807, 2.05) is 24.3 Å². The van der Waals surface area contributed by atoms with Gasteiger partial charge < -0.3 is 25.2 Å². The third kappa shape index (κ3) is 7.57. The molecule has 0 radical (unpaired) electrons.